The lowest BCUT2D eigenvalue weighted by atomic mass is 9.83. The highest BCUT2D eigenvalue weighted by atomic mass is 19.2. The second-order valence-electron chi connectivity index (χ2n) is 13.5. The Morgan fingerprint density at radius 1 is 0.574 bits per heavy atom. The summed E-state index contributed by atoms with van der Waals surface area (Å²) in [6.45, 7) is 8.93. The highest BCUT2D eigenvalue weighted by molar-refractivity contribution is 5.77. The number of nitrogens with one attached hydrogen (secondary N) is 4. The molecule has 10 N–H and O–H groups in total. The Morgan fingerprint density at radius 3 is 1.26 bits per heavy atom. The predicted molar refractivity (Wildman–Crippen MR) is 220 cm³/mol. The van der Waals surface area contributed by atoms with Crippen LogP contribution in [-0.4, -0.2) is 122 Å². The van der Waals surface area contributed by atoms with Crippen molar-refractivity contribution >= 4 is 30.5 Å². The third kappa shape index (κ3) is 30.8. The van der Waals surface area contributed by atoms with Crippen LogP contribution >= 0.6 is 0 Å². The average molecular weight is 888 g/mol. The Hall–Kier alpha value is -3.86. The molecule has 0 aromatic heterocycles. The zero-order valence-corrected chi connectivity index (χ0v) is 35.8. The summed E-state index contributed by atoms with van der Waals surface area (Å²) in [6.07, 6.45) is 10.2. The highest BCUT2D eigenvalue weighted by Crippen LogP contribution is 2.28. The molecular formula is C40H70F5N7O9. The highest BCUT2D eigenvalue weighted by Gasteiger charge is 2.30. The molecule has 0 aliphatic heterocycles. The molecule has 0 heterocycles. The zero-order valence-electron chi connectivity index (χ0n) is 35.8. The van der Waals surface area contributed by atoms with Gasteiger partial charge in [-0.3, -0.25) is 19.2 Å². The molecule has 0 saturated heterocycles. The first-order valence-corrected chi connectivity index (χ1v) is 20.7. The van der Waals surface area contributed by atoms with E-state index in [-0.39, 0.29) is 17.7 Å². The third-order valence-electron chi connectivity index (χ3n) is 8.69. The van der Waals surface area contributed by atoms with Crippen molar-refractivity contribution in [1.82, 2.24) is 21.3 Å². The Balaban J connectivity index is 0. The second-order valence-corrected chi connectivity index (χ2v) is 13.5. The molecule has 0 bridgehead atoms. The van der Waals surface area contributed by atoms with Gasteiger partial charge < -0.3 is 62.2 Å². The number of hydrogen-bond donors (Lipinski definition) is 7. The Kier molecular flexibility index (Phi) is 39.1. The summed E-state index contributed by atoms with van der Waals surface area (Å²) in [4.78, 5) is 56.5. The summed E-state index contributed by atoms with van der Waals surface area (Å²) in [7, 11) is 1.83. The van der Waals surface area contributed by atoms with Crippen molar-refractivity contribution < 1.29 is 64.9 Å². The molecule has 0 aliphatic rings. The lowest BCUT2D eigenvalue weighted by molar-refractivity contribution is -0.122. The molecule has 1 aromatic carbocycles. The maximum Gasteiger partial charge on any atom is 0.298 e. The molecule has 1 aromatic rings. The summed E-state index contributed by atoms with van der Waals surface area (Å²) in [6, 6.07) is 0. The van der Waals surface area contributed by atoms with Crippen molar-refractivity contribution in [1.29, 1.82) is 0 Å². The zero-order chi connectivity index (χ0) is 46.2. The number of unbranched alkanes of at least 4 members (excludes halogenated alkanes) is 3. The molecule has 61 heavy (non-hydrogen) atoms. The minimum Gasteiger partial charge on any atom is -0.422 e. The molecule has 21 heteroatoms. The molecule has 0 spiro atoms. The van der Waals surface area contributed by atoms with Gasteiger partial charge in [0.15, 0.2) is 0 Å². The first-order valence-electron chi connectivity index (χ1n) is 20.7. The van der Waals surface area contributed by atoms with Crippen molar-refractivity contribution in [2.45, 2.75) is 102 Å². The number of carbonyl (C=O) groups excluding carboxylic acids is 5. The molecule has 1 rings (SSSR count). The van der Waals surface area contributed by atoms with Crippen molar-refractivity contribution in [3.8, 4) is 5.75 Å². The Morgan fingerprint density at radius 2 is 0.934 bits per heavy atom. The fourth-order valence-corrected chi connectivity index (χ4v) is 5.12. The quantitative estimate of drug-likeness (QED) is 0.0171. The van der Waals surface area contributed by atoms with E-state index >= 15 is 0 Å². The topological polar surface area (TPSA) is 248 Å². The number of halogens is 5. The molecule has 0 radical (unpaired) electrons. The minimum atomic E-state index is -2.31. The number of amides is 3. The van der Waals surface area contributed by atoms with Crippen LogP contribution in [-0.2, 0) is 38.2 Å². The lowest BCUT2D eigenvalue weighted by Crippen LogP contribution is -2.46. The van der Waals surface area contributed by atoms with Gasteiger partial charge in [0.05, 0.1) is 33.0 Å². The molecule has 0 aliphatic carbocycles. The maximum absolute atomic E-state index is 12.6. The fraction of sp³-hybridized carbons (Fsp3) is 0.725. The first kappa shape index (κ1) is 59.2. The maximum atomic E-state index is 12.6. The van der Waals surface area contributed by atoms with Crippen LogP contribution in [0.4, 0.5) is 22.0 Å². The number of rotatable bonds is 35. The summed E-state index contributed by atoms with van der Waals surface area (Å²) in [5.41, 5.74) is 16.0. The van der Waals surface area contributed by atoms with Crippen molar-refractivity contribution in [2.75, 3.05) is 86.0 Å². The number of benzene rings is 1. The molecule has 0 fully saturated rings. The molecule has 0 saturated carbocycles. The summed E-state index contributed by atoms with van der Waals surface area (Å²) < 4.78 is 81.4. The van der Waals surface area contributed by atoms with Crippen molar-refractivity contribution in [3.63, 3.8) is 0 Å². The molecule has 16 nitrogen and oxygen atoms in total. The number of nitrogens with two attached hydrogens (primary N) is 3. The van der Waals surface area contributed by atoms with Crippen LogP contribution in [0, 0.1) is 29.1 Å². The van der Waals surface area contributed by atoms with Gasteiger partial charge in [-0.25, -0.2) is 13.2 Å². The van der Waals surface area contributed by atoms with Crippen LogP contribution in [0.25, 0.3) is 0 Å². The van der Waals surface area contributed by atoms with Gasteiger partial charge in [0.2, 0.25) is 52.6 Å². The van der Waals surface area contributed by atoms with E-state index in [2.05, 4.69) is 32.9 Å². The van der Waals surface area contributed by atoms with Gasteiger partial charge in [0.1, 0.15) is 6.29 Å². The average Bonchev–Trinajstić information content (AvgIpc) is 3.26. The second kappa shape index (κ2) is 40.2. The van der Waals surface area contributed by atoms with E-state index in [1.54, 1.807) is 0 Å². The van der Waals surface area contributed by atoms with Crippen molar-refractivity contribution in [2.24, 2.45) is 17.2 Å². The third-order valence-corrected chi connectivity index (χ3v) is 8.69. The number of carbonyl (C=O) groups is 5. The van der Waals surface area contributed by atoms with Gasteiger partial charge >= 0.3 is 0 Å². The molecule has 0 unspecified atom stereocenters. The fourth-order valence-electron chi connectivity index (χ4n) is 5.12. The van der Waals surface area contributed by atoms with Crippen molar-refractivity contribution in [3.05, 3.63) is 29.1 Å². The SMILES string of the molecule is CCCOCCOCCOCCC=O.CNC(CCC(=O)NCCCCN)(CCC(=O)NCCCCN)CCC(=O)NCCCCN.O=COc1c(F)c(F)c(F)c(F)c1F. The lowest BCUT2D eigenvalue weighted by Gasteiger charge is -2.34. The normalized spacial score (nSPS) is 10.8. The molecule has 3 amide bonds. The van der Waals surface area contributed by atoms with Crippen LogP contribution in [0.2, 0.25) is 0 Å². The number of hydrogen-bond acceptors (Lipinski definition) is 13. The predicted octanol–water partition coefficient (Wildman–Crippen LogP) is 2.80. The number of ether oxygens (including phenoxy) is 4. The van der Waals surface area contributed by atoms with E-state index in [1.807, 2.05) is 7.05 Å². The van der Waals surface area contributed by atoms with Crippen LogP contribution in [0.5, 0.6) is 5.75 Å². The Labute approximate surface area is 356 Å². The first-order chi connectivity index (χ1) is 29.3. The smallest absolute Gasteiger partial charge is 0.298 e. The van der Waals surface area contributed by atoms with E-state index < -0.39 is 46.8 Å². The summed E-state index contributed by atoms with van der Waals surface area (Å²) in [5, 5.41) is 12.1. The monoisotopic (exact) mass is 888 g/mol. The van der Waals surface area contributed by atoms with Crippen LogP contribution in [0.15, 0.2) is 0 Å². The van der Waals surface area contributed by atoms with E-state index in [0.717, 1.165) is 57.8 Å². The van der Waals surface area contributed by atoms with Crippen LogP contribution < -0.4 is 43.2 Å². The van der Waals surface area contributed by atoms with Gasteiger partial charge in [-0.1, -0.05) is 6.92 Å². The van der Waals surface area contributed by atoms with Gasteiger partial charge in [-0.15, -0.1) is 0 Å². The van der Waals surface area contributed by atoms with E-state index in [0.29, 0.717) is 117 Å². The summed E-state index contributed by atoms with van der Waals surface area (Å²) in [5.74, 6) is -12.7. The Bertz CT molecular complexity index is 1240. The molecule has 0 atom stereocenters. The van der Waals surface area contributed by atoms with E-state index in [4.69, 9.17) is 31.4 Å². The van der Waals surface area contributed by atoms with E-state index in [1.165, 1.54) is 0 Å². The standard InChI is InChI=1S/C23H49N7O3.C10H20O4.C7HF5O2/c1-27-23(11-8-20(31)28-17-5-2-14-24,12-9-21(32)29-18-6-3-15-25)13-10-22(33)30-19-7-4-16-26;1-2-5-12-7-9-14-10-8-13-6-3-4-11;8-2-3(9)5(11)7(14-1-13)6(12)4(2)10/h27H,2-19,24-26H2,1H3,(H,28,31)(H,29,32)(H,30,33);4H,2-3,5-10H2,1H3;1H. The largest absolute Gasteiger partial charge is 0.422 e. The number of aldehydes is 1. The summed E-state index contributed by atoms with van der Waals surface area (Å²) >= 11 is 0. The van der Waals surface area contributed by atoms with Gasteiger partial charge in [0, 0.05) is 57.5 Å². The van der Waals surface area contributed by atoms with Crippen LogP contribution in [0.1, 0.15) is 96.8 Å². The minimum absolute atomic E-state index is 0.0240. The van der Waals surface area contributed by atoms with E-state index in [9.17, 15) is 45.9 Å². The van der Waals surface area contributed by atoms with Gasteiger partial charge in [0.25, 0.3) is 6.47 Å². The van der Waals surface area contributed by atoms with Gasteiger partial charge in [-0.2, -0.15) is 8.78 Å². The molecule has 354 valence electrons. The van der Waals surface area contributed by atoms with Crippen LogP contribution in [0.3, 0.4) is 0 Å². The molecular weight excluding hydrogens is 817 g/mol. The van der Waals surface area contributed by atoms with Gasteiger partial charge in [-0.05, 0) is 90.9 Å².